The molecule has 1 N–H and O–H groups in total. The van der Waals surface area contributed by atoms with Crippen molar-refractivity contribution in [3.63, 3.8) is 0 Å². The van der Waals surface area contributed by atoms with Crippen LogP contribution in [0, 0.1) is 0 Å². The summed E-state index contributed by atoms with van der Waals surface area (Å²) in [6.07, 6.45) is 4.43. The second kappa shape index (κ2) is 8.41. The number of nitrogens with zero attached hydrogens (tertiary/aromatic N) is 2. The first-order valence-corrected chi connectivity index (χ1v) is 11.6. The Bertz CT molecular complexity index is 1070. The van der Waals surface area contributed by atoms with Crippen LogP contribution in [0.4, 0.5) is 10.5 Å². The molecule has 2 aliphatic heterocycles. The maximum absolute atomic E-state index is 12.8. The first-order chi connectivity index (χ1) is 15.5. The average molecular weight is 433 g/mol. The smallest absolute Gasteiger partial charge is 0.407 e. The highest BCUT2D eigenvalue weighted by atomic mass is 16.4. The molecule has 0 spiro atoms. The van der Waals surface area contributed by atoms with Crippen LogP contribution < -0.4 is 4.90 Å². The minimum atomic E-state index is -0.883. The number of hydrogen-bond donors (Lipinski definition) is 1. The van der Waals surface area contributed by atoms with Crippen molar-refractivity contribution in [3.8, 4) is 0 Å². The molecule has 0 saturated heterocycles. The van der Waals surface area contributed by atoms with Crippen LogP contribution in [-0.4, -0.2) is 46.9 Å². The van der Waals surface area contributed by atoms with Gasteiger partial charge in [-0.25, -0.2) is 4.79 Å². The number of Topliss-reactive ketones (excluding diaryl/α,β-unsaturated/α-hetero) is 1. The highest BCUT2D eigenvalue weighted by Crippen LogP contribution is 2.37. The Balaban J connectivity index is 1.17. The predicted octanol–water partition coefficient (Wildman–Crippen LogP) is 4.02. The summed E-state index contributed by atoms with van der Waals surface area (Å²) in [6, 6.07) is 12.1. The fourth-order valence-electron chi connectivity index (χ4n) is 5.52. The molecule has 0 unspecified atom stereocenters. The highest BCUT2D eigenvalue weighted by Gasteiger charge is 2.32. The second-order valence-corrected chi connectivity index (χ2v) is 9.13. The van der Waals surface area contributed by atoms with Crippen LogP contribution in [0.5, 0.6) is 0 Å². The van der Waals surface area contributed by atoms with E-state index in [2.05, 4.69) is 12.1 Å². The molecule has 0 bridgehead atoms. The van der Waals surface area contributed by atoms with Crippen LogP contribution >= 0.6 is 0 Å². The van der Waals surface area contributed by atoms with Crippen molar-refractivity contribution >= 4 is 23.5 Å². The van der Waals surface area contributed by atoms with Crippen LogP contribution in [0.3, 0.4) is 0 Å². The predicted molar refractivity (Wildman–Crippen MR) is 121 cm³/mol. The molecule has 0 aromatic heterocycles. The van der Waals surface area contributed by atoms with Gasteiger partial charge in [0.2, 0.25) is 5.91 Å². The van der Waals surface area contributed by atoms with Crippen molar-refractivity contribution in [3.05, 3.63) is 64.2 Å². The quantitative estimate of drug-likeness (QED) is 0.529. The molecule has 2 amide bonds. The molecule has 32 heavy (non-hydrogen) atoms. The monoisotopic (exact) mass is 432 g/mol. The number of carbonyl (C=O) groups is 3. The van der Waals surface area contributed by atoms with Gasteiger partial charge in [-0.1, -0.05) is 24.3 Å². The van der Waals surface area contributed by atoms with E-state index in [1.165, 1.54) is 11.1 Å². The maximum Gasteiger partial charge on any atom is 0.407 e. The number of unbranched alkanes of at least 4 members (excludes halogenated alkanes) is 1. The molecule has 6 heteroatoms. The number of carboxylic acid groups (broad SMARTS) is 1. The van der Waals surface area contributed by atoms with Crippen molar-refractivity contribution in [2.45, 2.75) is 57.4 Å². The Morgan fingerprint density at radius 2 is 1.66 bits per heavy atom. The lowest BCUT2D eigenvalue weighted by Gasteiger charge is -2.26. The van der Waals surface area contributed by atoms with E-state index in [9.17, 15) is 19.5 Å². The summed E-state index contributed by atoms with van der Waals surface area (Å²) in [5, 5.41) is 9.72. The molecule has 1 aliphatic carbocycles. The van der Waals surface area contributed by atoms with Crippen LogP contribution in [0.1, 0.15) is 58.3 Å². The molecular weight excluding hydrogens is 404 g/mol. The first kappa shape index (κ1) is 20.7. The molecule has 0 atom stereocenters. The molecular formula is C26H28N2O4. The maximum atomic E-state index is 12.8. The second-order valence-electron chi connectivity index (χ2n) is 9.13. The van der Waals surface area contributed by atoms with Crippen molar-refractivity contribution < 1.29 is 19.5 Å². The number of carbonyl (C=O) groups excluding carboxylic acids is 2. The minimum absolute atomic E-state index is 0.0175. The van der Waals surface area contributed by atoms with E-state index in [-0.39, 0.29) is 17.7 Å². The van der Waals surface area contributed by atoms with Gasteiger partial charge in [-0.15, -0.1) is 0 Å². The molecule has 2 aromatic carbocycles. The van der Waals surface area contributed by atoms with Crippen LogP contribution in [-0.2, 0) is 30.5 Å². The van der Waals surface area contributed by atoms with Crippen LogP contribution in [0.25, 0.3) is 0 Å². The fraction of sp³-hybridized carbons (Fsp3) is 0.423. The molecule has 2 aromatic rings. The normalized spacial score (nSPS) is 16.8. The number of hydrogen-bond acceptors (Lipinski definition) is 3. The standard InChI is InChI=1S/C26H28N2O4/c29-23(21-13-19-8-9-24(30)28-12-10-20(14-21)25(19)28)7-3-4-11-27(26(31)32)22-15-17-5-1-2-6-18(17)16-22/h1-2,5-6,13-14,22H,3-4,7-12,15-16H2,(H,31,32). The number of aryl methyl sites for hydroxylation is 1. The van der Waals surface area contributed by atoms with E-state index < -0.39 is 6.09 Å². The van der Waals surface area contributed by atoms with Gasteiger partial charge in [-0.2, -0.15) is 0 Å². The molecule has 5 rings (SSSR count). The lowest BCUT2D eigenvalue weighted by molar-refractivity contribution is -0.118. The zero-order chi connectivity index (χ0) is 22.2. The zero-order valence-electron chi connectivity index (χ0n) is 18.2. The topological polar surface area (TPSA) is 77.9 Å². The van der Waals surface area contributed by atoms with Crippen LogP contribution in [0.15, 0.2) is 36.4 Å². The fourth-order valence-corrected chi connectivity index (χ4v) is 5.52. The zero-order valence-corrected chi connectivity index (χ0v) is 18.2. The molecule has 6 nitrogen and oxygen atoms in total. The van der Waals surface area contributed by atoms with Gasteiger partial charge in [0.15, 0.2) is 5.78 Å². The molecule has 2 heterocycles. The Hall–Kier alpha value is -3.15. The number of ketones is 1. The van der Waals surface area contributed by atoms with E-state index in [1.807, 2.05) is 29.2 Å². The molecule has 3 aliphatic rings. The summed E-state index contributed by atoms with van der Waals surface area (Å²) < 4.78 is 0. The molecule has 166 valence electrons. The Labute approximate surface area is 187 Å². The van der Waals surface area contributed by atoms with E-state index >= 15 is 0 Å². The van der Waals surface area contributed by atoms with Gasteiger partial charge in [0.1, 0.15) is 0 Å². The van der Waals surface area contributed by atoms with E-state index in [0.717, 1.165) is 48.2 Å². The Kier molecular flexibility index (Phi) is 5.45. The van der Waals surface area contributed by atoms with E-state index in [1.54, 1.807) is 4.90 Å². The summed E-state index contributed by atoms with van der Waals surface area (Å²) in [7, 11) is 0. The first-order valence-electron chi connectivity index (χ1n) is 11.6. The third-order valence-corrected chi connectivity index (χ3v) is 7.14. The van der Waals surface area contributed by atoms with Crippen molar-refractivity contribution in [2.24, 2.45) is 0 Å². The summed E-state index contributed by atoms with van der Waals surface area (Å²) in [4.78, 5) is 40.2. The SMILES string of the molecule is O=C(CCCCN(C(=O)O)C1Cc2ccccc2C1)c1cc2c3c(c1)CCN3C(=O)CC2. The lowest BCUT2D eigenvalue weighted by atomic mass is 9.94. The van der Waals surface area contributed by atoms with Crippen molar-refractivity contribution in [2.75, 3.05) is 18.0 Å². The Morgan fingerprint density at radius 3 is 2.34 bits per heavy atom. The third kappa shape index (κ3) is 3.78. The van der Waals surface area contributed by atoms with Crippen molar-refractivity contribution in [1.29, 1.82) is 0 Å². The number of amides is 2. The van der Waals surface area contributed by atoms with E-state index in [4.69, 9.17) is 0 Å². The summed E-state index contributed by atoms with van der Waals surface area (Å²) in [5.74, 6) is 0.290. The average Bonchev–Trinajstić information content (AvgIpc) is 3.40. The summed E-state index contributed by atoms with van der Waals surface area (Å²) >= 11 is 0. The Morgan fingerprint density at radius 1 is 0.969 bits per heavy atom. The van der Waals surface area contributed by atoms with Gasteiger partial charge in [-0.3, -0.25) is 9.59 Å². The van der Waals surface area contributed by atoms with Gasteiger partial charge < -0.3 is 14.9 Å². The highest BCUT2D eigenvalue weighted by molar-refractivity contribution is 6.02. The van der Waals surface area contributed by atoms with Crippen molar-refractivity contribution in [1.82, 2.24) is 4.90 Å². The van der Waals surface area contributed by atoms with Gasteiger partial charge >= 0.3 is 6.09 Å². The number of fused-ring (bicyclic) bond motifs is 1. The summed E-state index contributed by atoms with van der Waals surface area (Å²) in [6.45, 7) is 1.17. The van der Waals surface area contributed by atoms with Gasteiger partial charge in [-0.05, 0) is 72.9 Å². The number of anilines is 1. The van der Waals surface area contributed by atoms with Crippen LogP contribution in [0.2, 0.25) is 0 Å². The number of benzene rings is 2. The summed E-state index contributed by atoms with van der Waals surface area (Å²) in [5.41, 5.74) is 6.46. The van der Waals surface area contributed by atoms with Gasteiger partial charge in [0.05, 0.1) is 5.69 Å². The number of rotatable bonds is 7. The van der Waals surface area contributed by atoms with Gasteiger partial charge in [0, 0.05) is 37.5 Å². The minimum Gasteiger partial charge on any atom is -0.465 e. The van der Waals surface area contributed by atoms with Gasteiger partial charge in [0.25, 0.3) is 0 Å². The molecule has 0 saturated carbocycles. The third-order valence-electron chi connectivity index (χ3n) is 7.14. The van der Waals surface area contributed by atoms with E-state index in [0.29, 0.717) is 38.6 Å². The largest absolute Gasteiger partial charge is 0.465 e. The molecule has 0 radical (unpaired) electrons. The lowest BCUT2D eigenvalue weighted by Crippen LogP contribution is -2.40. The molecule has 0 fully saturated rings.